The summed E-state index contributed by atoms with van der Waals surface area (Å²) in [6, 6.07) is 7.64. The van der Waals surface area contributed by atoms with E-state index in [0.29, 0.717) is 18.3 Å². The molecule has 0 bridgehead atoms. The van der Waals surface area contributed by atoms with Crippen molar-refractivity contribution in [2.75, 3.05) is 0 Å². The van der Waals surface area contributed by atoms with Crippen LogP contribution >= 0.6 is 0 Å². The van der Waals surface area contributed by atoms with E-state index in [9.17, 15) is 4.79 Å². The van der Waals surface area contributed by atoms with E-state index < -0.39 is 5.97 Å². The van der Waals surface area contributed by atoms with Gasteiger partial charge >= 0.3 is 5.97 Å². The van der Waals surface area contributed by atoms with Crippen LogP contribution in [0.4, 0.5) is 0 Å². The number of ether oxygens (including phenoxy) is 1. The molecule has 1 aromatic carbocycles. The molecule has 1 heterocycles. The second-order valence-electron chi connectivity index (χ2n) is 5.52. The molecule has 112 valence electrons. The average molecular weight is 288 g/mol. The maximum Gasteiger partial charge on any atom is 0.371 e. The first-order valence-corrected chi connectivity index (χ1v) is 6.94. The highest BCUT2D eigenvalue weighted by molar-refractivity contribution is 5.84. The van der Waals surface area contributed by atoms with Crippen LogP contribution in [0.2, 0.25) is 0 Å². The lowest BCUT2D eigenvalue weighted by atomic mass is 10.0. The first-order valence-electron chi connectivity index (χ1n) is 6.94. The zero-order valence-electron chi connectivity index (χ0n) is 12.8. The third kappa shape index (κ3) is 3.66. The molecule has 4 nitrogen and oxygen atoms in total. The topological polar surface area (TPSA) is 59.7 Å². The molecule has 0 spiro atoms. The molecule has 1 N–H and O–H groups in total. The summed E-state index contributed by atoms with van der Waals surface area (Å²) in [6.07, 6.45) is 0. The number of furan rings is 1. The number of carboxylic acid groups (broad SMARTS) is 1. The van der Waals surface area contributed by atoms with Crippen LogP contribution < -0.4 is 4.74 Å². The fourth-order valence-electron chi connectivity index (χ4n) is 2.12. The normalized spacial score (nSPS) is 10.9. The highest BCUT2D eigenvalue weighted by Gasteiger charge is 2.13. The number of aryl methyl sites for hydroxylation is 2. The molecule has 4 heteroatoms. The molecule has 0 fully saturated rings. The van der Waals surface area contributed by atoms with Gasteiger partial charge in [0.1, 0.15) is 18.1 Å². The maximum absolute atomic E-state index is 10.9. The van der Waals surface area contributed by atoms with E-state index in [1.165, 1.54) is 11.6 Å². The van der Waals surface area contributed by atoms with Crippen molar-refractivity contribution in [2.24, 2.45) is 0 Å². The summed E-state index contributed by atoms with van der Waals surface area (Å²) in [4.78, 5) is 10.9. The Morgan fingerprint density at radius 2 is 1.95 bits per heavy atom. The average Bonchev–Trinajstić information content (AvgIpc) is 2.77. The third-order valence-corrected chi connectivity index (χ3v) is 3.37. The summed E-state index contributed by atoms with van der Waals surface area (Å²) < 4.78 is 11.0. The minimum absolute atomic E-state index is 0.0572. The Morgan fingerprint density at radius 3 is 2.52 bits per heavy atom. The van der Waals surface area contributed by atoms with Gasteiger partial charge in [0.05, 0.1) is 0 Å². The van der Waals surface area contributed by atoms with Gasteiger partial charge in [-0.3, -0.25) is 0 Å². The van der Waals surface area contributed by atoms with E-state index in [-0.39, 0.29) is 5.76 Å². The lowest BCUT2D eigenvalue weighted by Gasteiger charge is -2.11. The van der Waals surface area contributed by atoms with E-state index in [1.54, 1.807) is 6.92 Å². The predicted molar refractivity (Wildman–Crippen MR) is 80.0 cm³/mol. The van der Waals surface area contributed by atoms with Crippen LogP contribution in [0.25, 0.3) is 0 Å². The van der Waals surface area contributed by atoms with Gasteiger partial charge in [0.15, 0.2) is 0 Å². The SMILES string of the molecule is Cc1cc(OCc2cc(C(=O)O)oc2C)cc(C(C)C)c1. The van der Waals surface area contributed by atoms with Crippen molar-refractivity contribution in [2.45, 2.75) is 40.2 Å². The van der Waals surface area contributed by atoms with Crippen molar-refractivity contribution in [3.63, 3.8) is 0 Å². The Labute approximate surface area is 124 Å². The van der Waals surface area contributed by atoms with Crippen LogP contribution in [0.3, 0.4) is 0 Å². The number of aromatic carboxylic acids is 1. The number of benzene rings is 1. The molecule has 0 saturated heterocycles. The molecule has 0 aliphatic carbocycles. The van der Waals surface area contributed by atoms with Gasteiger partial charge in [0.25, 0.3) is 0 Å². The molecular weight excluding hydrogens is 268 g/mol. The van der Waals surface area contributed by atoms with E-state index in [1.807, 2.05) is 19.1 Å². The van der Waals surface area contributed by atoms with Crippen molar-refractivity contribution in [3.8, 4) is 5.75 Å². The molecule has 1 aromatic heterocycles. The Hall–Kier alpha value is -2.23. The highest BCUT2D eigenvalue weighted by atomic mass is 16.5. The molecule has 0 radical (unpaired) electrons. The first kappa shape index (κ1) is 15.2. The number of hydrogen-bond donors (Lipinski definition) is 1. The van der Waals surface area contributed by atoms with Gasteiger partial charge in [-0.25, -0.2) is 4.79 Å². The molecular formula is C17H20O4. The fraction of sp³-hybridized carbons (Fsp3) is 0.353. The number of hydrogen-bond acceptors (Lipinski definition) is 3. The monoisotopic (exact) mass is 288 g/mol. The van der Waals surface area contributed by atoms with E-state index in [2.05, 4.69) is 19.9 Å². The third-order valence-electron chi connectivity index (χ3n) is 3.37. The van der Waals surface area contributed by atoms with Gasteiger partial charge in [-0.1, -0.05) is 19.9 Å². The summed E-state index contributed by atoms with van der Waals surface area (Å²) in [5.41, 5.74) is 3.12. The highest BCUT2D eigenvalue weighted by Crippen LogP contribution is 2.24. The second kappa shape index (κ2) is 6.04. The van der Waals surface area contributed by atoms with Crippen molar-refractivity contribution in [1.82, 2.24) is 0 Å². The van der Waals surface area contributed by atoms with Gasteiger partial charge in [-0.05, 0) is 49.1 Å². The zero-order chi connectivity index (χ0) is 15.6. The summed E-state index contributed by atoms with van der Waals surface area (Å²) >= 11 is 0. The van der Waals surface area contributed by atoms with Crippen LogP contribution in [0.15, 0.2) is 28.7 Å². The lowest BCUT2D eigenvalue weighted by molar-refractivity contribution is 0.0661. The molecule has 21 heavy (non-hydrogen) atoms. The largest absolute Gasteiger partial charge is 0.489 e. The van der Waals surface area contributed by atoms with Crippen LogP contribution in [0.5, 0.6) is 5.75 Å². The zero-order valence-corrected chi connectivity index (χ0v) is 12.8. The van der Waals surface area contributed by atoms with Crippen LogP contribution in [-0.2, 0) is 6.61 Å². The van der Waals surface area contributed by atoms with Crippen molar-refractivity contribution >= 4 is 5.97 Å². The number of carboxylic acids is 1. The van der Waals surface area contributed by atoms with Crippen molar-refractivity contribution in [1.29, 1.82) is 0 Å². The smallest absolute Gasteiger partial charge is 0.371 e. The molecule has 0 unspecified atom stereocenters. The van der Waals surface area contributed by atoms with Crippen LogP contribution in [-0.4, -0.2) is 11.1 Å². The summed E-state index contributed by atoms with van der Waals surface area (Å²) in [7, 11) is 0. The molecule has 0 aliphatic heterocycles. The Morgan fingerprint density at radius 1 is 1.24 bits per heavy atom. The minimum atomic E-state index is -1.07. The Balaban J connectivity index is 2.14. The quantitative estimate of drug-likeness (QED) is 0.891. The summed E-state index contributed by atoms with van der Waals surface area (Å²) in [6.45, 7) is 8.34. The standard InChI is InChI=1S/C17H20O4/c1-10(2)13-5-11(3)6-15(7-13)20-9-14-8-16(17(18)19)21-12(14)4/h5-8,10H,9H2,1-4H3,(H,18,19). The van der Waals surface area contributed by atoms with Gasteiger partial charge in [-0.2, -0.15) is 0 Å². The first-order chi connectivity index (χ1) is 9.86. The molecule has 2 aromatic rings. The fourth-order valence-corrected chi connectivity index (χ4v) is 2.12. The van der Waals surface area contributed by atoms with E-state index in [4.69, 9.17) is 14.3 Å². The lowest BCUT2D eigenvalue weighted by Crippen LogP contribution is -1.98. The maximum atomic E-state index is 10.9. The van der Waals surface area contributed by atoms with E-state index in [0.717, 1.165) is 16.9 Å². The number of carbonyl (C=O) groups is 1. The van der Waals surface area contributed by atoms with Gasteiger partial charge < -0.3 is 14.3 Å². The molecule has 0 saturated carbocycles. The molecule has 0 amide bonds. The van der Waals surface area contributed by atoms with Gasteiger partial charge in [0, 0.05) is 5.56 Å². The number of rotatable bonds is 5. The van der Waals surface area contributed by atoms with Crippen LogP contribution in [0, 0.1) is 13.8 Å². The van der Waals surface area contributed by atoms with Crippen molar-refractivity contribution in [3.05, 3.63) is 52.5 Å². The van der Waals surface area contributed by atoms with Gasteiger partial charge in [-0.15, -0.1) is 0 Å². The van der Waals surface area contributed by atoms with E-state index >= 15 is 0 Å². The second-order valence-corrected chi connectivity index (χ2v) is 5.52. The molecule has 2 rings (SSSR count). The predicted octanol–water partition coefficient (Wildman–Crippen LogP) is 4.30. The van der Waals surface area contributed by atoms with Crippen LogP contribution in [0.1, 0.15) is 52.8 Å². The molecule has 0 atom stereocenters. The van der Waals surface area contributed by atoms with Crippen molar-refractivity contribution < 1.29 is 19.1 Å². The Kier molecular flexibility index (Phi) is 4.36. The molecule has 0 aliphatic rings. The summed E-state index contributed by atoms with van der Waals surface area (Å²) in [5, 5.41) is 8.91. The van der Waals surface area contributed by atoms with Gasteiger partial charge in [0.2, 0.25) is 5.76 Å². The Bertz CT molecular complexity index is 653. The summed E-state index contributed by atoms with van der Waals surface area (Å²) in [5.74, 6) is 0.669. The minimum Gasteiger partial charge on any atom is -0.489 e.